The number of benzene rings is 1. The second-order valence-electron chi connectivity index (χ2n) is 5.36. The Balaban J connectivity index is 1.55. The molecule has 4 heteroatoms. The fraction of sp³-hybridized carbons (Fsp3) is 0.600. The summed E-state index contributed by atoms with van der Waals surface area (Å²) in [6, 6.07) is 5.44. The summed E-state index contributed by atoms with van der Waals surface area (Å²) >= 11 is 0. The minimum absolute atomic E-state index is 0.0476. The molecule has 0 bridgehead atoms. The molecule has 0 N–H and O–H groups in total. The SMILES string of the molecule is Fc1cccc2c1CN(CCN1CCOCC1)CC2. The van der Waals surface area contributed by atoms with E-state index in [2.05, 4.69) is 15.9 Å². The summed E-state index contributed by atoms with van der Waals surface area (Å²) in [6.45, 7) is 7.63. The summed E-state index contributed by atoms with van der Waals surface area (Å²) < 4.78 is 19.1. The molecule has 3 rings (SSSR count). The highest BCUT2D eigenvalue weighted by molar-refractivity contribution is 5.30. The fourth-order valence-corrected chi connectivity index (χ4v) is 2.89. The second-order valence-corrected chi connectivity index (χ2v) is 5.36. The molecule has 1 fully saturated rings. The van der Waals surface area contributed by atoms with Crippen molar-refractivity contribution in [3.63, 3.8) is 0 Å². The molecule has 0 aromatic heterocycles. The summed E-state index contributed by atoms with van der Waals surface area (Å²) in [5, 5.41) is 0. The molecule has 1 saturated heterocycles. The third-order valence-electron chi connectivity index (χ3n) is 4.13. The van der Waals surface area contributed by atoms with Gasteiger partial charge in [0.25, 0.3) is 0 Å². The minimum Gasteiger partial charge on any atom is -0.379 e. The number of halogens is 1. The normalized spacial score (nSPS) is 21.3. The summed E-state index contributed by atoms with van der Waals surface area (Å²) in [4.78, 5) is 4.79. The topological polar surface area (TPSA) is 15.7 Å². The number of hydrogen-bond acceptors (Lipinski definition) is 3. The molecule has 19 heavy (non-hydrogen) atoms. The van der Waals surface area contributed by atoms with Gasteiger partial charge in [0.15, 0.2) is 0 Å². The molecule has 104 valence electrons. The van der Waals surface area contributed by atoms with Gasteiger partial charge in [-0.05, 0) is 18.1 Å². The van der Waals surface area contributed by atoms with Crippen LogP contribution in [0.2, 0.25) is 0 Å². The van der Waals surface area contributed by atoms with Crippen molar-refractivity contribution in [2.75, 3.05) is 45.9 Å². The molecule has 0 spiro atoms. The Morgan fingerprint density at radius 2 is 1.84 bits per heavy atom. The predicted molar refractivity (Wildman–Crippen MR) is 72.6 cm³/mol. The first-order chi connectivity index (χ1) is 9.33. The Kier molecular flexibility index (Phi) is 4.11. The molecule has 1 aromatic rings. The number of fused-ring (bicyclic) bond motifs is 1. The van der Waals surface area contributed by atoms with Gasteiger partial charge in [-0.3, -0.25) is 9.80 Å². The highest BCUT2D eigenvalue weighted by Crippen LogP contribution is 2.21. The number of ether oxygens (including phenoxy) is 1. The first kappa shape index (κ1) is 13.0. The largest absolute Gasteiger partial charge is 0.379 e. The fourth-order valence-electron chi connectivity index (χ4n) is 2.89. The minimum atomic E-state index is -0.0476. The number of hydrogen-bond donors (Lipinski definition) is 0. The molecule has 2 aliphatic heterocycles. The number of nitrogens with zero attached hydrogens (tertiary/aromatic N) is 2. The van der Waals surface area contributed by atoms with Crippen molar-refractivity contribution < 1.29 is 9.13 Å². The first-order valence-corrected chi connectivity index (χ1v) is 7.11. The maximum Gasteiger partial charge on any atom is 0.127 e. The van der Waals surface area contributed by atoms with Crippen LogP contribution >= 0.6 is 0 Å². The van der Waals surface area contributed by atoms with Gasteiger partial charge >= 0.3 is 0 Å². The van der Waals surface area contributed by atoms with Gasteiger partial charge in [0, 0.05) is 44.8 Å². The Morgan fingerprint density at radius 3 is 2.68 bits per heavy atom. The molecule has 2 heterocycles. The third-order valence-corrected chi connectivity index (χ3v) is 4.13. The molecular weight excluding hydrogens is 243 g/mol. The average Bonchev–Trinajstić information content (AvgIpc) is 2.47. The van der Waals surface area contributed by atoms with Gasteiger partial charge in [-0.2, -0.15) is 0 Å². The Bertz CT molecular complexity index is 432. The van der Waals surface area contributed by atoms with Crippen LogP contribution in [0.3, 0.4) is 0 Å². The Labute approximate surface area is 114 Å². The van der Waals surface area contributed by atoms with E-state index in [1.54, 1.807) is 6.07 Å². The highest BCUT2D eigenvalue weighted by atomic mass is 19.1. The van der Waals surface area contributed by atoms with E-state index in [1.165, 1.54) is 5.56 Å². The summed E-state index contributed by atoms with van der Waals surface area (Å²) in [5.74, 6) is -0.0476. The molecular formula is C15H21FN2O. The van der Waals surface area contributed by atoms with Gasteiger partial charge in [0.1, 0.15) is 5.82 Å². The van der Waals surface area contributed by atoms with Crippen molar-refractivity contribution in [3.05, 3.63) is 35.1 Å². The molecule has 0 saturated carbocycles. The van der Waals surface area contributed by atoms with E-state index < -0.39 is 0 Å². The molecule has 2 aliphatic rings. The highest BCUT2D eigenvalue weighted by Gasteiger charge is 2.19. The van der Waals surface area contributed by atoms with E-state index in [1.807, 2.05) is 6.07 Å². The van der Waals surface area contributed by atoms with Crippen LogP contribution in [0.25, 0.3) is 0 Å². The van der Waals surface area contributed by atoms with E-state index in [9.17, 15) is 4.39 Å². The van der Waals surface area contributed by atoms with Crippen LogP contribution < -0.4 is 0 Å². The van der Waals surface area contributed by atoms with Crippen LogP contribution in [0.5, 0.6) is 0 Å². The standard InChI is InChI=1S/C15H21FN2O/c16-15-3-1-2-13-4-5-18(12-14(13)15)7-6-17-8-10-19-11-9-17/h1-3H,4-12H2. The lowest BCUT2D eigenvalue weighted by molar-refractivity contribution is 0.0326. The zero-order chi connectivity index (χ0) is 13.1. The predicted octanol–water partition coefficient (Wildman–Crippen LogP) is 1.52. The van der Waals surface area contributed by atoms with E-state index in [0.29, 0.717) is 0 Å². The van der Waals surface area contributed by atoms with Crippen LogP contribution in [0.4, 0.5) is 4.39 Å². The van der Waals surface area contributed by atoms with Crippen LogP contribution in [0.15, 0.2) is 18.2 Å². The van der Waals surface area contributed by atoms with Crippen molar-refractivity contribution in [3.8, 4) is 0 Å². The van der Waals surface area contributed by atoms with E-state index in [-0.39, 0.29) is 5.82 Å². The van der Waals surface area contributed by atoms with E-state index >= 15 is 0 Å². The van der Waals surface area contributed by atoms with Gasteiger partial charge in [-0.25, -0.2) is 4.39 Å². The van der Waals surface area contributed by atoms with Gasteiger partial charge in [-0.15, -0.1) is 0 Å². The summed E-state index contributed by atoms with van der Waals surface area (Å²) in [7, 11) is 0. The number of rotatable bonds is 3. The second kappa shape index (κ2) is 5.99. The molecule has 3 nitrogen and oxygen atoms in total. The Morgan fingerprint density at radius 1 is 1.05 bits per heavy atom. The zero-order valence-electron chi connectivity index (χ0n) is 11.3. The van der Waals surface area contributed by atoms with Gasteiger partial charge in [0.2, 0.25) is 0 Å². The monoisotopic (exact) mass is 264 g/mol. The molecule has 0 unspecified atom stereocenters. The molecule has 1 aromatic carbocycles. The van der Waals surface area contributed by atoms with Gasteiger partial charge in [-0.1, -0.05) is 12.1 Å². The number of morpholine rings is 1. The maximum atomic E-state index is 13.8. The van der Waals surface area contributed by atoms with Crippen LogP contribution in [0, 0.1) is 5.82 Å². The average molecular weight is 264 g/mol. The van der Waals surface area contributed by atoms with Crippen LogP contribution in [-0.2, 0) is 17.7 Å². The smallest absolute Gasteiger partial charge is 0.127 e. The van der Waals surface area contributed by atoms with Gasteiger partial charge in [0.05, 0.1) is 13.2 Å². The third kappa shape index (κ3) is 3.14. The molecule has 0 amide bonds. The molecule has 0 radical (unpaired) electrons. The summed E-state index contributed by atoms with van der Waals surface area (Å²) in [5.41, 5.74) is 2.08. The van der Waals surface area contributed by atoms with Crippen molar-refractivity contribution in [1.29, 1.82) is 0 Å². The van der Waals surface area contributed by atoms with Crippen molar-refractivity contribution in [2.45, 2.75) is 13.0 Å². The van der Waals surface area contributed by atoms with Gasteiger partial charge < -0.3 is 4.74 Å². The van der Waals surface area contributed by atoms with Crippen molar-refractivity contribution in [1.82, 2.24) is 9.80 Å². The van der Waals surface area contributed by atoms with E-state index in [0.717, 1.165) is 64.5 Å². The van der Waals surface area contributed by atoms with Crippen molar-refractivity contribution in [2.24, 2.45) is 0 Å². The molecule has 0 aliphatic carbocycles. The maximum absolute atomic E-state index is 13.8. The lowest BCUT2D eigenvalue weighted by Crippen LogP contribution is -2.42. The zero-order valence-corrected chi connectivity index (χ0v) is 11.3. The lowest BCUT2D eigenvalue weighted by Gasteiger charge is -2.32. The molecule has 0 atom stereocenters. The quantitative estimate of drug-likeness (QED) is 0.823. The first-order valence-electron chi connectivity index (χ1n) is 7.11. The van der Waals surface area contributed by atoms with Crippen molar-refractivity contribution >= 4 is 0 Å². The van der Waals surface area contributed by atoms with Crippen LogP contribution in [-0.4, -0.2) is 55.7 Å². The van der Waals surface area contributed by atoms with E-state index in [4.69, 9.17) is 4.74 Å². The lowest BCUT2D eigenvalue weighted by atomic mass is 9.99. The Hall–Kier alpha value is -0.970. The van der Waals surface area contributed by atoms with Crippen LogP contribution in [0.1, 0.15) is 11.1 Å². The summed E-state index contributed by atoms with van der Waals surface area (Å²) in [6.07, 6.45) is 0.968.